The van der Waals surface area contributed by atoms with E-state index in [1.54, 1.807) is 0 Å². The van der Waals surface area contributed by atoms with Crippen molar-refractivity contribution in [2.45, 2.75) is 12.8 Å². The third-order valence-corrected chi connectivity index (χ3v) is 21.9. The summed E-state index contributed by atoms with van der Waals surface area (Å²) in [6, 6.07) is 55.0. The van der Waals surface area contributed by atoms with Crippen LogP contribution in [0.25, 0.3) is 0 Å². The molecule has 0 atom stereocenters. The minimum absolute atomic E-state index is 0.0507. The summed E-state index contributed by atoms with van der Waals surface area (Å²) < 4.78 is 13.7. The Kier molecular flexibility index (Phi) is 11.8. The number of rotatable bonds is 16. The van der Waals surface area contributed by atoms with Crippen LogP contribution in [-0.2, 0) is 28.2 Å². The van der Waals surface area contributed by atoms with Crippen LogP contribution in [0.5, 0.6) is 0 Å². The Morgan fingerprint density at radius 2 is 0.571 bits per heavy atom. The van der Waals surface area contributed by atoms with Crippen molar-refractivity contribution in [2.24, 2.45) is 0 Å². The van der Waals surface area contributed by atoms with Crippen molar-refractivity contribution in [1.82, 2.24) is 0 Å². The molecule has 56 heavy (non-hydrogen) atoms. The molecule has 0 unspecified atom stereocenters. The quantitative estimate of drug-likeness (QED) is 0.0846. The average molecular weight is 785 g/mol. The van der Waals surface area contributed by atoms with Gasteiger partial charge < -0.3 is 0 Å². The van der Waals surface area contributed by atoms with Gasteiger partial charge in [-0.1, -0.05) is 0 Å². The molecule has 0 bridgehead atoms. The maximum atomic E-state index is 14.5. The van der Waals surface area contributed by atoms with Gasteiger partial charge in [-0.2, -0.15) is 0 Å². The second kappa shape index (κ2) is 16.7. The van der Waals surface area contributed by atoms with Gasteiger partial charge in [0.1, 0.15) is 0 Å². The number of carbonyl (C=O) groups excluding carboxylic acids is 2. The Morgan fingerprint density at radius 1 is 0.375 bits per heavy atom. The van der Waals surface area contributed by atoms with Gasteiger partial charge in [-0.25, -0.2) is 0 Å². The minimum atomic E-state index is -4.44. The monoisotopic (exact) mass is 784 g/mol. The molecule has 6 aromatic carbocycles. The zero-order valence-electron chi connectivity index (χ0n) is 30.5. The van der Waals surface area contributed by atoms with Crippen molar-refractivity contribution in [1.29, 1.82) is 0 Å². The molecule has 0 amide bonds. The third-order valence-electron chi connectivity index (χ3n) is 10.3. The molecule has 0 aliphatic rings. The van der Waals surface area contributed by atoms with Gasteiger partial charge in [0.25, 0.3) is 0 Å². The van der Waals surface area contributed by atoms with E-state index < -0.39 is 37.5 Å². The molecule has 0 radical (unpaired) electrons. The van der Waals surface area contributed by atoms with E-state index >= 15 is 0 Å². The molecule has 0 saturated heterocycles. The zero-order valence-corrected chi connectivity index (χ0v) is 32.3. The molecule has 0 fully saturated rings. The predicted molar refractivity (Wildman–Crippen MR) is 226 cm³/mol. The fraction of sp³-hybridized carbons (Fsp3) is 0.0870. The molecule has 284 valence electrons. The van der Waals surface area contributed by atoms with E-state index in [1.807, 2.05) is 182 Å². The number of hydrogen-bond acceptors (Lipinski definition) is 6. The summed E-state index contributed by atoms with van der Waals surface area (Å²) >= 11 is 0. The molecule has 0 aliphatic carbocycles. The molecule has 0 aliphatic heterocycles. The molecule has 6 aromatic rings. The Hall–Kier alpha value is -6.20. The zero-order chi connectivity index (χ0) is 39.5. The van der Waals surface area contributed by atoms with E-state index in [0.717, 1.165) is 12.2 Å². The molecule has 0 spiro atoms. The van der Waals surface area contributed by atoms with Crippen molar-refractivity contribution >= 4 is 69.4 Å². The van der Waals surface area contributed by atoms with Crippen LogP contribution in [0.3, 0.4) is 0 Å². The van der Waals surface area contributed by atoms with E-state index in [4.69, 9.17) is 9.05 Å². The Bertz CT molecular complexity index is 1960. The summed E-state index contributed by atoms with van der Waals surface area (Å²) in [4.78, 5) is 53.7. The molecule has 8 nitrogen and oxygen atoms in total. The summed E-state index contributed by atoms with van der Waals surface area (Å²) in [5.74, 6) is -3.89. The number of carbonyl (C=O) groups is 4. The molecule has 0 heterocycles. The Morgan fingerprint density at radius 3 is 0.750 bits per heavy atom. The van der Waals surface area contributed by atoms with E-state index in [0.29, 0.717) is 31.8 Å². The summed E-state index contributed by atoms with van der Waals surface area (Å²) in [6.07, 6.45) is 1.29. The van der Waals surface area contributed by atoms with E-state index in [-0.39, 0.29) is 25.2 Å². The molecule has 10 heteroatoms. The number of aliphatic carboxylic acids is 2. The first-order valence-electron chi connectivity index (χ1n) is 18.1. The van der Waals surface area contributed by atoms with Gasteiger partial charge >= 0.3 is 327 Å². The summed E-state index contributed by atoms with van der Waals surface area (Å²) in [5, 5.41) is 24.0. The molecule has 0 saturated carbocycles. The van der Waals surface area contributed by atoms with Gasteiger partial charge in [-0.3, -0.25) is 0 Å². The van der Waals surface area contributed by atoms with Crippen molar-refractivity contribution in [2.75, 3.05) is 12.3 Å². The van der Waals surface area contributed by atoms with E-state index in [1.165, 1.54) is 0 Å². The van der Waals surface area contributed by atoms with Crippen LogP contribution in [0.2, 0.25) is 0 Å². The van der Waals surface area contributed by atoms with Gasteiger partial charge in [-0.05, 0) is 0 Å². The Labute approximate surface area is 326 Å². The van der Waals surface area contributed by atoms with Gasteiger partial charge in [0.2, 0.25) is 0 Å². The van der Waals surface area contributed by atoms with E-state index in [9.17, 15) is 29.4 Å². The van der Waals surface area contributed by atoms with Gasteiger partial charge in [0.15, 0.2) is 0 Å². The third kappa shape index (κ3) is 7.17. The summed E-state index contributed by atoms with van der Waals surface area (Å²) in [7, 11) is 0. The topological polar surface area (TPSA) is 127 Å². The first-order chi connectivity index (χ1) is 27.1. The Balaban J connectivity index is 1.53. The summed E-state index contributed by atoms with van der Waals surface area (Å²) in [5.41, 5.74) is 0. The number of carboxylic acids is 2. The first-order valence-corrected chi connectivity index (χ1v) is 22.8. The van der Waals surface area contributed by atoms with Crippen molar-refractivity contribution < 1.29 is 38.4 Å². The number of benzene rings is 6. The van der Waals surface area contributed by atoms with Crippen molar-refractivity contribution in [3.05, 3.63) is 194 Å². The maximum absolute atomic E-state index is 14.5. The fourth-order valence-corrected chi connectivity index (χ4v) is 18.9. The predicted octanol–water partition coefficient (Wildman–Crippen LogP) is 6.47. The number of hydrogen-bond donors (Lipinski definition) is 2. The van der Waals surface area contributed by atoms with Crippen LogP contribution in [-0.4, -0.2) is 46.4 Å². The standard InChI is InChI=1S/C46H42O8P2/c47-43(48)33-35-55(37-19-7-1-8-20-37,38-21-9-2-10-22-38,39-23-11-3-12-24-39)53-45(51)31-32-46(52)54-56(36-34-44(49)50,40-25-13-4-14-26-40,41-27-15-5-16-28-41)42-29-17-6-18-30-42/h1-32H,33-36H2,(H,47,48)(H,49,50)/b32-31-. The van der Waals surface area contributed by atoms with Crippen LogP contribution in [0.15, 0.2) is 194 Å². The normalized spacial score (nSPS) is 13.0. The molecule has 6 rings (SSSR count). The van der Waals surface area contributed by atoms with Crippen LogP contribution in [0.4, 0.5) is 0 Å². The first kappa shape index (κ1) is 39.5. The van der Waals surface area contributed by atoms with Gasteiger partial charge in [0, 0.05) is 0 Å². The van der Waals surface area contributed by atoms with Crippen molar-refractivity contribution in [3.8, 4) is 0 Å². The van der Waals surface area contributed by atoms with Crippen LogP contribution in [0.1, 0.15) is 12.8 Å². The molecule has 2 N–H and O–H groups in total. The molecular formula is C46H42O8P2. The van der Waals surface area contributed by atoms with Crippen LogP contribution >= 0.6 is 13.7 Å². The SMILES string of the molecule is O=C(O)CCP(OC(=O)/C=C\C(=O)OP(CCC(=O)O)(c1ccccc1)(c1ccccc1)c1ccccc1)(c1ccccc1)(c1ccccc1)c1ccccc1. The second-order valence-electron chi connectivity index (χ2n) is 13.3. The molecule has 0 aromatic heterocycles. The van der Waals surface area contributed by atoms with Crippen LogP contribution in [0, 0.1) is 0 Å². The number of carboxylic acid groups (broad SMARTS) is 2. The molecular weight excluding hydrogens is 742 g/mol. The second-order valence-corrected chi connectivity index (χ2v) is 22.5. The average Bonchev–Trinajstić information content (AvgIpc) is 3.25. The van der Waals surface area contributed by atoms with Crippen LogP contribution < -0.4 is 31.8 Å². The summed E-state index contributed by atoms with van der Waals surface area (Å²) in [6.45, 7) is -8.88. The fourth-order valence-electron chi connectivity index (χ4n) is 7.75. The van der Waals surface area contributed by atoms with E-state index in [2.05, 4.69) is 0 Å². The van der Waals surface area contributed by atoms with Gasteiger partial charge in [-0.15, -0.1) is 0 Å². The van der Waals surface area contributed by atoms with Crippen molar-refractivity contribution in [3.63, 3.8) is 0 Å². The van der Waals surface area contributed by atoms with Gasteiger partial charge in [0.05, 0.1) is 0 Å².